The summed E-state index contributed by atoms with van der Waals surface area (Å²) in [6, 6.07) is 17.3. The van der Waals surface area contributed by atoms with Gasteiger partial charge in [0, 0.05) is 6.42 Å². The van der Waals surface area contributed by atoms with Crippen LogP contribution in [0.1, 0.15) is 24.0 Å². The summed E-state index contributed by atoms with van der Waals surface area (Å²) in [5, 5.41) is 7.89. The van der Waals surface area contributed by atoms with Crippen molar-refractivity contribution >= 4 is 12.3 Å². The molecule has 0 heterocycles. The second kappa shape index (κ2) is 6.66. The lowest BCUT2D eigenvalue weighted by molar-refractivity contribution is -0.137. The summed E-state index contributed by atoms with van der Waals surface area (Å²) in [5.74, 6) is -0.924. The predicted molar refractivity (Wildman–Crippen MR) is 77.6 cm³/mol. The maximum atomic E-state index is 9.60. The molecule has 0 aliphatic heterocycles. The van der Waals surface area contributed by atoms with Gasteiger partial charge in [-0.2, -0.15) is 0 Å². The molecule has 1 aliphatic carbocycles. The maximum Gasteiger partial charge on any atom is 0.303 e. The number of benzene rings is 2. The summed E-state index contributed by atoms with van der Waals surface area (Å²) in [6.07, 6.45) is 1.76. The topological polar surface area (TPSA) is 54.4 Å². The minimum Gasteiger partial charge on any atom is -0.481 e. The molecule has 2 aromatic rings. The molecule has 0 saturated carbocycles. The predicted octanol–water partition coefficient (Wildman–Crippen LogP) is 3.31. The minimum absolute atomic E-state index is 0.0521. The number of carboxylic acids is 1. The molecule has 1 N–H and O–H groups in total. The van der Waals surface area contributed by atoms with Crippen LogP contribution >= 0.6 is 0 Å². The zero-order chi connectivity index (χ0) is 14.4. The van der Waals surface area contributed by atoms with Gasteiger partial charge in [-0.3, -0.25) is 4.79 Å². The zero-order valence-corrected chi connectivity index (χ0v) is 11.1. The first-order valence-electron chi connectivity index (χ1n) is 6.54. The molecule has 0 atom stereocenters. The standard InChI is InChI=1S/C13H10.C4H6O3/c1-3-7-12-10(5-1)9-11-6-2-4-8-13(11)12;5-3-1-2-4(6)7/h1-8H,9H2;3H,1-2H2,(H,6,7). The van der Waals surface area contributed by atoms with Crippen molar-refractivity contribution < 1.29 is 14.7 Å². The molecule has 0 amide bonds. The highest BCUT2D eigenvalue weighted by Crippen LogP contribution is 2.35. The number of aliphatic carboxylic acids is 1. The quantitative estimate of drug-likeness (QED) is 0.741. The van der Waals surface area contributed by atoms with Gasteiger partial charge in [0.1, 0.15) is 6.29 Å². The van der Waals surface area contributed by atoms with Crippen molar-refractivity contribution in [2.45, 2.75) is 19.3 Å². The van der Waals surface area contributed by atoms with Crippen LogP contribution in [-0.2, 0) is 16.0 Å². The summed E-state index contributed by atoms with van der Waals surface area (Å²) in [5.41, 5.74) is 5.75. The Kier molecular flexibility index (Phi) is 4.66. The third-order valence-corrected chi connectivity index (χ3v) is 3.18. The Bertz CT molecular complexity index is 574. The molecule has 3 nitrogen and oxygen atoms in total. The number of carboxylic acid groups (broad SMARTS) is 1. The van der Waals surface area contributed by atoms with Crippen LogP contribution in [0.15, 0.2) is 48.5 Å². The van der Waals surface area contributed by atoms with E-state index in [-0.39, 0.29) is 12.8 Å². The SMILES string of the molecule is O=CCCC(=O)O.c1ccc2c(c1)Cc1ccccc1-2. The smallest absolute Gasteiger partial charge is 0.303 e. The summed E-state index contributed by atoms with van der Waals surface area (Å²) in [7, 11) is 0. The first-order valence-corrected chi connectivity index (χ1v) is 6.54. The Morgan fingerprint density at radius 1 is 1.00 bits per heavy atom. The van der Waals surface area contributed by atoms with E-state index in [2.05, 4.69) is 48.5 Å². The molecule has 0 aromatic heterocycles. The van der Waals surface area contributed by atoms with Crippen LogP contribution in [0.25, 0.3) is 11.1 Å². The zero-order valence-electron chi connectivity index (χ0n) is 11.1. The fourth-order valence-corrected chi connectivity index (χ4v) is 2.26. The van der Waals surface area contributed by atoms with Gasteiger partial charge in [0.05, 0.1) is 6.42 Å². The lowest BCUT2D eigenvalue weighted by Crippen LogP contribution is -1.93. The largest absolute Gasteiger partial charge is 0.481 e. The third kappa shape index (κ3) is 3.32. The second-order valence-corrected chi connectivity index (χ2v) is 4.59. The summed E-state index contributed by atoms with van der Waals surface area (Å²) < 4.78 is 0. The van der Waals surface area contributed by atoms with E-state index < -0.39 is 5.97 Å². The molecule has 20 heavy (non-hydrogen) atoms. The van der Waals surface area contributed by atoms with E-state index in [9.17, 15) is 9.59 Å². The number of hydrogen-bond donors (Lipinski definition) is 1. The van der Waals surface area contributed by atoms with Crippen LogP contribution in [0.5, 0.6) is 0 Å². The number of carbonyl (C=O) groups excluding carboxylic acids is 1. The van der Waals surface area contributed by atoms with Gasteiger partial charge in [0.25, 0.3) is 0 Å². The van der Waals surface area contributed by atoms with Crippen molar-refractivity contribution in [3.05, 3.63) is 59.7 Å². The van der Waals surface area contributed by atoms with Crippen molar-refractivity contribution in [2.75, 3.05) is 0 Å². The number of aldehydes is 1. The summed E-state index contributed by atoms with van der Waals surface area (Å²) in [4.78, 5) is 19.0. The lowest BCUT2D eigenvalue weighted by atomic mass is 10.1. The highest BCUT2D eigenvalue weighted by molar-refractivity contribution is 5.76. The van der Waals surface area contributed by atoms with Crippen LogP contribution in [0.4, 0.5) is 0 Å². The molecule has 0 bridgehead atoms. The number of rotatable bonds is 3. The third-order valence-electron chi connectivity index (χ3n) is 3.18. The Labute approximate surface area is 117 Å². The summed E-state index contributed by atoms with van der Waals surface area (Å²) in [6.45, 7) is 0. The number of carbonyl (C=O) groups is 2. The van der Waals surface area contributed by atoms with Gasteiger partial charge in [0.2, 0.25) is 0 Å². The molecule has 0 saturated heterocycles. The fourth-order valence-electron chi connectivity index (χ4n) is 2.26. The van der Waals surface area contributed by atoms with Crippen LogP contribution < -0.4 is 0 Å². The van der Waals surface area contributed by atoms with Gasteiger partial charge in [-0.05, 0) is 28.7 Å². The van der Waals surface area contributed by atoms with Crippen molar-refractivity contribution in [3.63, 3.8) is 0 Å². The molecule has 0 fully saturated rings. The molecule has 3 heteroatoms. The maximum absolute atomic E-state index is 9.60. The van der Waals surface area contributed by atoms with Crippen molar-refractivity contribution in [1.82, 2.24) is 0 Å². The van der Waals surface area contributed by atoms with E-state index in [1.165, 1.54) is 22.3 Å². The van der Waals surface area contributed by atoms with Crippen molar-refractivity contribution in [1.29, 1.82) is 0 Å². The Morgan fingerprint density at radius 2 is 1.50 bits per heavy atom. The van der Waals surface area contributed by atoms with Crippen LogP contribution in [0.3, 0.4) is 0 Å². The first-order chi connectivity index (χ1) is 9.72. The van der Waals surface area contributed by atoms with E-state index in [0.29, 0.717) is 6.29 Å². The first kappa shape index (κ1) is 14.0. The molecule has 2 aromatic carbocycles. The van der Waals surface area contributed by atoms with Gasteiger partial charge in [-0.25, -0.2) is 0 Å². The Hall–Kier alpha value is -2.42. The average Bonchev–Trinajstić information content (AvgIpc) is 2.84. The molecular formula is C17H16O3. The molecule has 1 aliphatic rings. The fraction of sp³-hybridized carbons (Fsp3) is 0.176. The van der Waals surface area contributed by atoms with Crippen molar-refractivity contribution in [3.8, 4) is 11.1 Å². The van der Waals surface area contributed by atoms with Crippen LogP contribution in [0, 0.1) is 0 Å². The van der Waals surface area contributed by atoms with Gasteiger partial charge >= 0.3 is 5.97 Å². The van der Waals surface area contributed by atoms with E-state index in [4.69, 9.17) is 5.11 Å². The second-order valence-electron chi connectivity index (χ2n) is 4.59. The number of fused-ring (bicyclic) bond motifs is 3. The average molecular weight is 268 g/mol. The van der Waals surface area contributed by atoms with Gasteiger partial charge < -0.3 is 9.90 Å². The van der Waals surface area contributed by atoms with Crippen LogP contribution in [-0.4, -0.2) is 17.4 Å². The molecule has 102 valence electrons. The van der Waals surface area contributed by atoms with E-state index in [1.807, 2.05) is 0 Å². The summed E-state index contributed by atoms with van der Waals surface area (Å²) >= 11 is 0. The Balaban J connectivity index is 0.000000182. The lowest BCUT2D eigenvalue weighted by Gasteiger charge is -1.98. The van der Waals surface area contributed by atoms with E-state index in [0.717, 1.165) is 6.42 Å². The minimum atomic E-state index is -0.924. The van der Waals surface area contributed by atoms with Gasteiger partial charge in [0.15, 0.2) is 0 Å². The van der Waals surface area contributed by atoms with Gasteiger partial charge in [-0.15, -0.1) is 0 Å². The highest BCUT2D eigenvalue weighted by Gasteiger charge is 2.15. The molecule has 0 spiro atoms. The van der Waals surface area contributed by atoms with Gasteiger partial charge in [-0.1, -0.05) is 48.5 Å². The number of hydrogen-bond acceptors (Lipinski definition) is 2. The molecule has 0 radical (unpaired) electrons. The molecular weight excluding hydrogens is 252 g/mol. The van der Waals surface area contributed by atoms with Crippen molar-refractivity contribution in [2.24, 2.45) is 0 Å². The van der Waals surface area contributed by atoms with E-state index in [1.54, 1.807) is 0 Å². The molecule has 3 rings (SSSR count). The Morgan fingerprint density at radius 3 is 1.90 bits per heavy atom. The van der Waals surface area contributed by atoms with Crippen LogP contribution in [0.2, 0.25) is 0 Å². The molecule has 0 unspecified atom stereocenters. The highest BCUT2D eigenvalue weighted by atomic mass is 16.4. The monoisotopic (exact) mass is 268 g/mol. The normalized spacial score (nSPS) is 10.8. The van der Waals surface area contributed by atoms with E-state index >= 15 is 0 Å².